The van der Waals surface area contributed by atoms with Gasteiger partial charge in [0.1, 0.15) is 6.10 Å². The van der Waals surface area contributed by atoms with Crippen molar-refractivity contribution in [3.8, 4) is 0 Å². The number of imidazole rings is 1. The second-order valence-electron chi connectivity index (χ2n) is 5.71. The summed E-state index contributed by atoms with van der Waals surface area (Å²) in [6.45, 7) is 0.530. The van der Waals surface area contributed by atoms with Crippen molar-refractivity contribution in [1.29, 1.82) is 0 Å². The molecule has 0 saturated carbocycles. The summed E-state index contributed by atoms with van der Waals surface area (Å²) in [5.74, 6) is 0. The van der Waals surface area contributed by atoms with Crippen molar-refractivity contribution in [2.45, 2.75) is 19.1 Å². The first-order chi connectivity index (χ1) is 12.5. The topological polar surface area (TPSA) is 27.1 Å². The first-order valence-electron chi connectivity index (χ1n) is 7.86. The SMILES string of the molecule is S=C(Cc1ccc(Cl)cc1)OC(Cn1ccnc1)c1ccc(Cl)cc1Cl. The molecule has 0 radical (unpaired) electrons. The fourth-order valence-electron chi connectivity index (χ4n) is 2.52. The van der Waals surface area contributed by atoms with Crippen LogP contribution in [0.1, 0.15) is 17.2 Å². The molecule has 0 saturated heterocycles. The van der Waals surface area contributed by atoms with Crippen LogP contribution in [0.5, 0.6) is 0 Å². The molecule has 1 unspecified atom stereocenters. The summed E-state index contributed by atoms with van der Waals surface area (Å²) in [6.07, 6.45) is 5.46. The Hall–Kier alpha value is -1.59. The van der Waals surface area contributed by atoms with Crippen molar-refractivity contribution < 1.29 is 4.74 Å². The van der Waals surface area contributed by atoms with Crippen LogP contribution < -0.4 is 0 Å². The maximum atomic E-state index is 6.38. The van der Waals surface area contributed by atoms with Crippen LogP contribution in [0.15, 0.2) is 61.2 Å². The minimum absolute atomic E-state index is 0.353. The number of halogens is 3. The molecule has 1 heterocycles. The van der Waals surface area contributed by atoms with E-state index in [4.69, 9.17) is 51.8 Å². The quantitative estimate of drug-likeness (QED) is 0.442. The zero-order valence-electron chi connectivity index (χ0n) is 13.6. The molecule has 1 aromatic heterocycles. The molecule has 3 aromatic rings. The smallest absolute Gasteiger partial charge is 0.165 e. The molecule has 0 bridgehead atoms. The third-order valence-corrected chi connectivity index (χ3v) is 4.84. The predicted molar refractivity (Wildman–Crippen MR) is 110 cm³/mol. The highest BCUT2D eigenvalue weighted by atomic mass is 35.5. The van der Waals surface area contributed by atoms with Crippen LogP contribution in [-0.4, -0.2) is 14.6 Å². The molecule has 134 valence electrons. The number of aromatic nitrogens is 2. The van der Waals surface area contributed by atoms with Gasteiger partial charge in [-0.3, -0.25) is 0 Å². The molecule has 0 aliphatic rings. The molecular weight excluding hydrogens is 411 g/mol. The van der Waals surface area contributed by atoms with Gasteiger partial charge in [-0.2, -0.15) is 0 Å². The first-order valence-corrected chi connectivity index (χ1v) is 9.40. The molecule has 0 N–H and O–H groups in total. The minimum Gasteiger partial charge on any atom is -0.477 e. The standard InChI is InChI=1S/C19H15Cl3N2OS/c20-14-3-1-13(2-4-14)9-19(26)25-18(11-24-8-7-23-12-24)16-6-5-15(21)10-17(16)22/h1-8,10,12,18H,9,11H2. The summed E-state index contributed by atoms with van der Waals surface area (Å²) in [6, 6.07) is 12.9. The number of nitrogens with zero attached hydrogens (tertiary/aromatic N) is 2. The van der Waals surface area contributed by atoms with E-state index in [0.717, 1.165) is 11.1 Å². The zero-order valence-corrected chi connectivity index (χ0v) is 16.7. The van der Waals surface area contributed by atoms with Crippen molar-refractivity contribution in [1.82, 2.24) is 9.55 Å². The average molecular weight is 426 g/mol. The van der Waals surface area contributed by atoms with Crippen LogP contribution >= 0.6 is 47.0 Å². The Labute approximate surface area is 172 Å². The molecular formula is C19H15Cl3N2OS. The van der Waals surface area contributed by atoms with Crippen molar-refractivity contribution in [2.24, 2.45) is 0 Å². The van der Waals surface area contributed by atoms with Crippen molar-refractivity contribution in [2.75, 3.05) is 0 Å². The van der Waals surface area contributed by atoms with E-state index in [1.807, 2.05) is 41.1 Å². The highest BCUT2D eigenvalue weighted by Crippen LogP contribution is 2.30. The van der Waals surface area contributed by atoms with Gasteiger partial charge in [0.25, 0.3) is 0 Å². The Morgan fingerprint density at radius 3 is 2.46 bits per heavy atom. The monoisotopic (exact) mass is 424 g/mol. The van der Waals surface area contributed by atoms with Gasteiger partial charge in [0.05, 0.1) is 12.9 Å². The molecule has 3 rings (SSSR count). The molecule has 0 fully saturated rings. The maximum absolute atomic E-state index is 6.38. The van der Waals surface area contributed by atoms with Crippen LogP contribution in [-0.2, 0) is 17.7 Å². The van der Waals surface area contributed by atoms with Crippen LogP contribution in [0.3, 0.4) is 0 Å². The Morgan fingerprint density at radius 2 is 1.81 bits per heavy atom. The minimum atomic E-state index is -0.353. The van der Waals surface area contributed by atoms with Gasteiger partial charge in [0.2, 0.25) is 0 Å². The van der Waals surface area contributed by atoms with Crippen LogP contribution in [0.25, 0.3) is 0 Å². The molecule has 7 heteroatoms. The van der Waals surface area contributed by atoms with Gasteiger partial charge in [-0.25, -0.2) is 4.98 Å². The normalized spacial score (nSPS) is 12.0. The molecule has 0 amide bonds. The predicted octanol–water partition coefficient (Wildman–Crippen LogP) is 6.17. The Kier molecular flexibility index (Phi) is 6.54. The summed E-state index contributed by atoms with van der Waals surface area (Å²) in [5.41, 5.74) is 1.85. The molecule has 26 heavy (non-hydrogen) atoms. The van der Waals surface area contributed by atoms with E-state index < -0.39 is 0 Å². The fourth-order valence-corrected chi connectivity index (χ4v) is 3.46. The molecule has 2 aromatic carbocycles. The number of ether oxygens (including phenoxy) is 1. The molecule has 0 aliphatic heterocycles. The Morgan fingerprint density at radius 1 is 1.08 bits per heavy atom. The Balaban J connectivity index is 1.78. The number of rotatable bonds is 6. The van der Waals surface area contributed by atoms with Crippen LogP contribution in [0.2, 0.25) is 15.1 Å². The van der Waals surface area contributed by atoms with Crippen molar-refractivity contribution >= 4 is 52.1 Å². The van der Waals surface area contributed by atoms with Gasteiger partial charge >= 0.3 is 0 Å². The highest BCUT2D eigenvalue weighted by molar-refractivity contribution is 7.80. The lowest BCUT2D eigenvalue weighted by Gasteiger charge is -2.21. The van der Waals surface area contributed by atoms with Gasteiger partial charge in [-0.1, -0.05) is 53.0 Å². The fraction of sp³-hybridized carbons (Fsp3) is 0.158. The lowest BCUT2D eigenvalue weighted by molar-refractivity contribution is 0.172. The lowest BCUT2D eigenvalue weighted by atomic mass is 10.1. The van der Waals surface area contributed by atoms with E-state index in [1.165, 1.54) is 0 Å². The first kappa shape index (κ1) is 19.2. The van der Waals surface area contributed by atoms with Gasteiger partial charge in [-0.15, -0.1) is 0 Å². The van der Waals surface area contributed by atoms with E-state index in [1.54, 1.807) is 24.7 Å². The number of benzene rings is 2. The highest BCUT2D eigenvalue weighted by Gasteiger charge is 2.19. The summed E-state index contributed by atoms with van der Waals surface area (Å²) < 4.78 is 8.00. The second-order valence-corrected chi connectivity index (χ2v) is 7.44. The van der Waals surface area contributed by atoms with E-state index >= 15 is 0 Å². The van der Waals surface area contributed by atoms with Crippen LogP contribution in [0.4, 0.5) is 0 Å². The average Bonchev–Trinajstić information content (AvgIpc) is 3.09. The van der Waals surface area contributed by atoms with Gasteiger partial charge in [-0.05, 0) is 42.0 Å². The van der Waals surface area contributed by atoms with Gasteiger partial charge < -0.3 is 9.30 Å². The van der Waals surface area contributed by atoms with E-state index in [9.17, 15) is 0 Å². The van der Waals surface area contributed by atoms with Gasteiger partial charge in [0, 0.05) is 39.4 Å². The summed E-state index contributed by atoms with van der Waals surface area (Å²) in [7, 11) is 0. The maximum Gasteiger partial charge on any atom is 0.165 e. The second kappa shape index (κ2) is 8.87. The number of hydrogen-bond acceptors (Lipinski definition) is 3. The number of hydrogen-bond donors (Lipinski definition) is 0. The third kappa shape index (κ3) is 5.21. The Bertz CT molecular complexity index is 882. The van der Waals surface area contributed by atoms with E-state index in [2.05, 4.69) is 4.98 Å². The summed E-state index contributed by atoms with van der Waals surface area (Å²) >= 11 is 23.8. The third-order valence-electron chi connectivity index (χ3n) is 3.78. The van der Waals surface area contributed by atoms with E-state index in [-0.39, 0.29) is 6.10 Å². The largest absolute Gasteiger partial charge is 0.477 e. The molecule has 0 aliphatic carbocycles. The molecule has 3 nitrogen and oxygen atoms in total. The number of thiocarbonyl (C=S) groups is 1. The van der Waals surface area contributed by atoms with Crippen LogP contribution in [0, 0.1) is 0 Å². The summed E-state index contributed by atoms with van der Waals surface area (Å²) in [4.78, 5) is 4.07. The van der Waals surface area contributed by atoms with Crippen molar-refractivity contribution in [3.63, 3.8) is 0 Å². The van der Waals surface area contributed by atoms with Gasteiger partial charge in [0.15, 0.2) is 5.05 Å². The summed E-state index contributed by atoms with van der Waals surface area (Å²) in [5, 5.41) is 2.27. The van der Waals surface area contributed by atoms with E-state index in [0.29, 0.717) is 33.1 Å². The lowest BCUT2D eigenvalue weighted by Crippen LogP contribution is -2.17. The molecule has 0 spiro atoms. The van der Waals surface area contributed by atoms with Crippen molar-refractivity contribution in [3.05, 3.63) is 87.4 Å². The zero-order chi connectivity index (χ0) is 18.5. The molecule has 1 atom stereocenters.